The fourth-order valence-corrected chi connectivity index (χ4v) is 2.46. The molecule has 1 aliphatic rings. The number of imidazole rings is 1. The molecule has 1 aromatic heterocycles. The summed E-state index contributed by atoms with van der Waals surface area (Å²) in [6.07, 6.45) is 3.49. The second-order valence-electron chi connectivity index (χ2n) is 4.58. The third kappa shape index (κ3) is 2.26. The lowest BCUT2D eigenvalue weighted by atomic mass is 9.90. The Hall–Kier alpha value is -1.56. The van der Waals surface area contributed by atoms with E-state index in [1.807, 2.05) is 0 Å². The molecule has 0 spiro atoms. The summed E-state index contributed by atoms with van der Waals surface area (Å²) in [5.41, 5.74) is 5.68. The number of nitrogens with two attached hydrogens (primary N) is 1. The van der Waals surface area contributed by atoms with Crippen LogP contribution < -0.4 is 11.4 Å². The molecule has 6 heteroatoms. The summed E-state index contributed by atoms with van der Waals surface area (Å²) in [6.45, 7) is 3.27. The lowest BCUT2D eigenvalue weighted by Gasteiger charge is -2.39. The molecule has 2 rings (SSSR count). The van der Waals surface area contributed by atoms with Crippen LogP contribution in [0.4, 0.5) is 0 Å². The first-order valence-electron chi connectivity index (χ1n) is 5.92. The van der Waals surface area contributed by atoms with Gasteiger partial charge in [0, 0.05) is 25.3 Å². The van der Waals surface area contributed by atoms with E-state index >= 15 is 0 Å². The number of hydrogen-bond acceptors (Lipinski definition) is 3. The molecule has 4 N–H and O–H groups in total. The Balaban J connectivity index is 2.20. The van der Waals surface area contributed by atoms with Crippen molar-refractivity contribution in [3.05, 3.63) is 22.4 Å². The Morgan fingerprint density at radius 3 is 3.00 bits per heavy atom. The number of carbonyl (C=O) groups is 1. The predicted molar refractivity (Wildman–Crippen MR) is 63.7 cm³/mol. The number of H-pyrrole nitrogens is 2. The fourth-order valence-electron chi connectivity index (χ4n) is 2.46. The van der Waals surface area contributed by atoms with Gasteiger partial charge in [-0.3, -0.25) is 4.79 Å². The van der Waals surface area contributed by atoms with Crippen molar-refractivity contribution >= 4 is 5.91 Å². The first-order valence-corrected chi connectivity index (χ1v) is 5.92. The van der Waals surface area contributed by atoms with Crippen LogP contribution >= 0.6 is 0 Å². The van der Waals surface area contributed by atoms with Crippen LogP contribution in [0.5, 0.6) is 0 Å². The van der Waals surface area contributed by atoms with Crippen LogP contribution in [0.25, 0.3) is 0 Å². The van der Waals surface area contributed by atoms with Gasteiger partial charge in [0.1, 0.15) is 5.69 Å². The summed E-state index contributed by atoms with van der Waals surface area (Å²) >= 11 is 0. The smallest absolute Gasteiger partial charge is 0.323 e. The SMILES string of the molecule is CC1CCCN(C(=O)c2c[nH]c(=O)[nH]2)C1CN. The van der Waals surface area contributed by atoms with Crippen LogP contribution in [0.2, 0.25) is 0 Å². The van der Waals surface area contributed by atoms with Crippen molar-refractivity contribution in [2.24, 2.45) is 11.7 Å². The van der Waals surface area contributed by atoms with Gasteiger partial charge in [-0.1, -0.05) is 6.92 Å². The molecule has 17 heavy (non-hydrogen) atoms. The first-order chi connectivity index (χ1) is 8.13. The van der Waals surface area contributed by atoms with Crippen LogP contribution in [0, 0.1) is 5.92 Å². The van der Waals surface area contributed by atoms with Crippen LogP contribution in [-0.4, -0.2) is 39.9 Å². The Morgan fingerprint density at radius 2 is 2.41 bits per heavy atom. The van der Waals surface area contributed by atoms with Gasteiger partial charge < -0.3 is 20.6 Å². The summed E-state index contributed by atoms with van der Waals surface area (Å²) in [6, 6.07) is 0.0645. The minimum Gasteiger partial charge on any atom is -0.333 e. The van der Waals surface area contributed by atoms with Crippen LogP contribution in [0.1, 0.15) is 30.3 Å². The summed E-state index contributed by atoms with van der Waals surface area (Å²) in [4.78, 5) is 29.9. The molecule has 0 radical (unpaired) electrons. The van der Waals surface area contributed by atoms with Gasteiger partial charge in [0.05, 0.1) is 0 Å². The Morgan fingerprint density at radius 1 is 1.65 bits per heavy atom. The molecule has 0 aromatic carbocycles. The highest BCUT2D eigenvalue weighted by Crippen LogP contribution is 2.23. The topological polar surface area (TPSA) is 95.0 Å². The van der Waals surface area contributed by atoms with Crippen molar-refractivity contribution in [3.8, 4) is 0 Å². The quantitative estimate of drug-likeness (QED) is 0.671. The van der Waals surface area contributed by atoms with Gasteiger partial charge in [0.2, 0.25) is 0 Å². The number of nitrogens with zero attached hydrogens (tertiary/aromatic N) is 1. The number of nitrogens with one attached hydrogen (secondary N) is 2. The fraction of sp³-hybridized carbons (Fsp3) is 0.636. The molecule has 1 aromatic rings. The van der Waals surface area contributed by atoms with Crippen molar-refractivity contribution in [2.75, 3.05) is 13.1 Å². The summed E-state index contributed by atoms with van der Waals surface area (Å²) < 4.78 is 0. The zero-order valence-corrected chi connectivity index (χ0v) is 9.90. The maximum Gasteiger partial charge on any atom is 0.323 e. The van der Waals surface area contributed by atoms with Gasteiger partial charge in [0.15, 0.2) is 0 Å². The maximum atomic E-state index is 12.2. The molecule has 2 heterocycles. The monoisotopic (exact) mass is 238 g/mol. The van der Waals surface area contributed by atoms with E-state index in [9.17, 15) is 9.59 Å². The van der Waals surface area contributed by atoms with E-state index in [0.29, 0.717) is 24.7 Å². The van der Waals surface area contributed by atoms with Gasteiger partial charge in [-0.25, -0.2) is 4.79 Å². The lowest BCUT2D eigenvalue weighted by Crippen LogP contribution is -2.51. The van der Waals surface area contributed by atoms with E-state index in [1.165, 1.54) is 6.20 Å². The van der Waals surface area contributed by atoms with E-state index in [0.717, 1.165) is 12.8 Å². The average Bonchev–Trinajstić information content (AvgIpc) is 2.74. The molecule has 1 fully saturated rings. The lowest BCUT2D eigenvalue weighted by molar-refractivity contribution is 0.0527. The van der Waals surface area contributed by atoms with Crippen molar-refractivity contribution in [3.63, 3.8) is 0 Å². The Kier molecular flexibility index (Phi) is 3.33. The zero-order valence-electron chi connectivity index (χ0n) is 9.90. The van der Waals surface area contributed by atoms with Gasteiger partial charge in [0.25, 0.3) is 5.91 Å². The van der Waals surface area contributed by atoms with Crippen molar-refractivity contribution in [1.82, 2.24) is 14.9 Å². The number of hydrogen-bond donors (Lipinski definition) is 3. The van der Waals surface area contributed by atoms with E-state index in [4.69, 9.17) is 5.73 Å². The Bertz CT molecular complexity index is 450. The number of aromatic nitrogens is 2. The molecule has 2 atom stereocenters. The molecule has 0 aliphatic carbocycles. The largest absolute Gasteiger partial charge is 0.333 e. The zero-order chi connectivity index (χ0) is 12.4. The van der Waals surface area contributed by atoms with Gasteiger partial charge >= 0.3 is 5.69 Å². The Labute approximate surface area is 99.2 Å². The molecular formula is C11H18N4O2. The maximum absolute atomic E-state index is 12.2. The van der Waals surface area contributed by atoms with Gasteiger partial charge in [-0.05, 0) is 18.8 Å². The highest BCUT2D eigenvalue weighted by atomic mass is 16.2. The third-order valence-corrected chi connectivity index (χ3v) is 3.44. The molecule has 1 saturated heterocycles. The number of carbonyl (C=O) groups excluding carboxylic acids is 1. The highest BCUT2D eigenvalue weighted by Gasteiger charge is 2.31. The van der Waals surface area contributed by atoms with Crippen molar-refractivity contribution < 1.29 is 4.79 Å². The molecule has 0 bridgehead atoms. The number of likely N-dealkylation sites (tertiary alicyclic amines) is 1. The minimum absolute atomic E-state index is 0.0645. The van der Waals surface area contributed by atoms with Crippen LogP contribution in [-0.2, 0) is 0 Å². The van der Waals surface area contributed by atoms with Crippen molar-refractivity contribution in [2.45, 2.75) is 25.8 Å². The normalized spacial score (nSPS) is 24.9. The van der Waals surface area contributed by atoms with Crippen LogP contribution in [0.15, 0.2) is 11.0 Å². The summed E-state index contributed by atoms with van der Waals surface area (Å²) in [5, 5.41) is 0. The molecule has 1 aliphatic heterocycles. The summed E-state index contributed by atoms with van der Waals surface area (Å²) in [5.74, 6) is 0.258. The van der Waals surface area contributed by atoms with Gasteiger partial charge in [-0.2, -0.15) is 0 Å². The van der Waals surface area contributed by atoms with E-state index in [-0.39, 0.29) is 17.6 Å². The average molecular weight is 238 g/mol. The minimum atomic E-state index is -0.359. The molecule has 1 amide bonds. The predicted octanol–water partition coefficient (Wildman–Crippen LogP) is -0.0976. The van der Waals surface area contributed by atoms with Crippen LogP contribution in [0.3, 0.4) is 0 Å². The van der Waals surface area contributed by atoms with E-state index in [1.54, 1.807) is 4.90 Å². The number of rotatable bonds is 2. The molecule has 94 valence electrons. The van der Waals surface area contributed by atoms with Gasteiger partial charge in [-0.15, -0.1) is 0 Å². The third-order valence-electron chi connectivity index (χ3n) is 3.44. The molecular weight excluding hydrogens is 220 g/mol. The summed E-state index contributed by atoms with van der Waals surface area (Å²) in [7, 11) is 0. The molecule has 6 nitrogen and oxygen atoms in total. The standard InChI is InChI=1S/C11H18N4O2/c1-7-3-2-4-15(9(7)5-12)10(16)8-6-13-11(17)14-8/h6-7,9H,2-5,12H2,1H3,(H2,13,14,17). The number of piperidine rings is 1. The van der Waals surface area contributed by atoms with E-state index in [2.05, 4.69) is 16.9 Å². The molecule has 2 unspecified atom stereocenters. The van der Waals surface area contributed by atoms with E-state index < -0.39 is 0 Å². The number of aromatic amines is 2. The number of amides is 1. The van der Waals surface area contributed by atoms with Crippen molar-refractivity contribution in [1.29, 1.82) is 0 Å². The second kappa shape index (κ2) is 4.75. The molecule has 0 saturated carbocycles. The highest BCUT2D eigenvalue weighted by molar-refractivity contribution is 5.92. The first kappa shape index (κ1) is 11.9. The second-order valence-corrected chi connectivity index (χ2v) is 4.58.